The normalized spacial score (nSPS) is 10.6. The molecule has 2 aromatic rings. The summed E-state index contributed by atoms with van der Waals surface area (Å²) in [6, 6.07) is 11.6. The lowest BCUT2D eigenvalue weighted by Gasteiger charge is -2.09. The molecule has 94 valence electrons. The Morgan fingerprint density at radius 2 is 1.33 bits per heavy atom. The highest BCUT2D eigenvalue weighted by Gasteiger charge is 2.09. The van der Waals surface area contributed by atoms with Gasteiger partial charge in [-0.2, -0.15) is 0 Å². The van der Waals surface area contributed by atoms with Crippen molar-refractivity contribution in [3.8, 4) is 22.6 Å². The fourth-order valence-corrected chi connectivity index (χ4v) is 2.10. The number of aromatic hydroxyl groups is 2. The Kier molecular flexibility index (Phi) is 3.56. The minimum atomic E-state index is 0.159. The van der Waals surface area contributed by atoms with Gasteiger partial charge in [0.1, 0.15) is 11.5 Å². The molecule has 0 aliphatic carbocycles. The molecule has 2 N–H and O–H groups in total. The lowest BCUT2D eigenvalue weighted by atomic mass is 9.99. The van der Waals surface area contributed by atoms with Gasteiger partial charge in [0.05, 0.1) is 0 Å². The van der Waals surface area contributed by atoms with Crippen LogP contribution in [0, 0.1) is 0 Å². The van der Waals surface area contributed by atoms with Gasteiger partial charge in [-0.05, 0) is 41.7 Å². The Hall–Kier alpha value is -1.96. The fourth-order valence-electron chi connectivity index (χ4n) is 2.10. The van der Waals surface area contributed by atoms with Crippen LogP contribution in [0.25, 0.3) is 11.1 Å². The second-order valence-corrected chi connectivity index (χ2v) is 4.40. The summed E-state index contributed by atoms with van der Waals surface area (Å²) >= 11 is 0. The lowest BCUT2D eigenvalue weighted by molar-refractivity contribution is 0.440. The molecular weight excluding hydrogens is 224 g/mol. The highest BCUT2D eigenvalue weighted by Crippen LogP contribution is 2.34. The smallest absolute Gasteiger partial charge is 0.123 e. The first kappa shape index (κ1) is 12.5. The van der Waals surface area contributed by atoms with Crippen LogP contribution >= 0.6 is 0 Å². The zero-order valence-corrected chi connectivity index (χ0v) is 10.8. The van der Waals surface area contributed by atoms with E-state index in [0.29, 0.717) is 12.0 Å². The maximum atomic E-state index is 9.87. The number of phenols is 2. The van der Waals surface area contributed by atoms with Crippen molar-refractivity contribution in [2.75, 3.05) is 0 Å². The van der Waals surface area contributed by atoms with Crippen molar-refractivity contribution in [2.24, 2.45) is 0 Å². The van der Waals surface area contributed by atoms with Crippen LogP contribution in [0.3, 0.4) is 0 Å². The number of aryl methyl sites for hydroxylation is 1. The van der Waals surface area contributed by atoms with Gasteiger partial charge in [0.25, 0.3) is 0 Å². The SMILES string of the molecule is CCc1ccc(-c2cc(O)c(CC)c(O)c2)cc1. The molecule has 0 fully saturated rings. The van der Waals surface area contributed by atoms with E-state index in [4.69, 9.17) is 0 Å². The number of rotatable bonds is 3. The van der Waals surface area contributed by atoms with Gasteiger partial charge in [-0.1, -0.05) is 38.1 Å². The first-order valence-corrected chi connectivity index (χ1v) is 6.29. The number of hydrogen-bond acceptors (Lipinski definition) is 2. The van der Waals surface area contributed by atoms with Crippen molar-refractivity contribution in [1.82, 2.24) is 0 Å². The summed E-state index contributed by atoms with van der Waals surface area (Å²) in [6.45, 7) is 4.02. The van der Waals surface area contributed by atoms with E-state index >= 15 is 0 Å². The summed E-state index contributed by atoms with van der Waals surface area (Å²) in [5.74, 6) is 0.319. The van der Waals surface area contributed by atoms with Gasteiger partial charge in [-0.25, -0.2) is 0 Å². The lowest BCUT2D eigenvalue weighted by Crippen LogP contribution is -1.86. The second-order valence-electron chi connectivity index (χ2n) is 4.40. The van der Waals surface area contributed by atoms with Gasteiger partial charge < -0.3 is 10.2 Å². The molecule has 2 rings (SSSR count). The third-order valence-electron chi connectivity index (χ3n) is 3.25. The van der Waals surface area contributed by atoms with Crippen LogP contribution in [0.15, 0.2) is 36.4 Å². The average molecular weight is 242 g/mol. The maximum Gasteiger partial charge on any atom is 0.123 e. The highest BCUT2D eigenvalue weighted by atomic mass is 16.3. The van der Waals surface area contributed by atoms with Crippen molar-refractivity contribution in [3.05, 3.63) is 47.5 Å². The van der Waals surface area contributed by atoms with Crippen molar-refractivity contribution < 1.29 is 10.2 Å². The zero-order chi connectivity index (χ0) is 13.1. The van der Waals surface area contributed by atoms with Crippen LogP contribution in [-0.4, -0.2) is 10.2 Å². The second kappa shape index (κ2) is 5.13. The molecular formula is C16H18O2. The van der Waals surface area contributed by atoms with Crippen LogP contribution < -0.4 is 0 Å². The first-order chi connectivity index (χ1) is 8.65. The molecule has 0 amide bonds. The molecule has 0 atom stereocenters. The fraction of sp³-hybridized carbons (Fsp3) is 0.250. The molecule has 0 aliphatic heterocycles. The Morgan fingerprint density at radius 1 is 0.778 bits per heavy atom. The molecule has 0 spiro atoms. The van der Waals surface area contributed by atoms with Gasteiger partial charge in [-0.15, -0.1) is 0 Å². The Morgan fingerprint density at radius 3 is 1.78 bits per heavy atom. The third kappa shape index (κ3) is 2.33. The Balaban J connectivity index is 2.44. The van der Waals surface area contributed by atoms with Crippen LogP contribution in [0.4, 0.5) is 0 Å². The number of benzene rings is 2. The molecule has 2 heteroatoms. The van der Waals surface area contributed by atoms with Gasteiger partial charge in [-0.3, -0.25) is 0 Å². The van der Waals surface area contributed by atoms with Crippen LogP contribution in [-0.2, 0) is 12.8 Å². The van der Waals surface area contributed by atoms with Gasteiger partial charge >= 0.3 is 0 Å². The molecule has 0 aliphatic rings. The van der Waals surface area contributed by atoms with E-state index < -0.39 is 0 Å². The molecule has 0 saturated carbocycles. The third-order valence-corrected chi connectivity index (χ3v) is 3.25. The molecule has 18 heavy (non-hydrogen) atoms. The standard InChI is InChI=1S/C16H18O2/c1-3-11-5-7-12(8-6-11)13-9-15(17)14(4-2)16(18)10-13/h5-10,17-18H,3-4H2,1-2H3. The number of phenolic OH excluding ortho intramolecular Hbond substituents is 2. The molecule has 2 nitrogen and oxygen atoms in total. The summed E-state index contributed by atoms with van der Waals surface area (Å²) in [4.78, 5) is 0. The summed E-state index contributed by atoms with van der Waals surface area (Å²) in [5, 5.41) is 19.7. The van der Waals surface area contributed by atoms with E-state index in [2.05, 4.69) is 19.1 Å². The van der Waals surface area contributed by atoms with Gasteiger partial charge in [0.2, 0.25) is 0 Å². The highest BCUT2D eigenvalue weighted by molar-refractivity contribution is 5.69. The summed E-state index contributed by atoms with van der Waals surface area (Å²) < 4.78 is 0. The van der Waals surface area contributed by atoms with Crippen molar-refractivity contribution >= 4 is 0 Å². The minimum absolute atomic E-state index is 0.159. The zero-order valence-electron chi connectivity index (χ0n) is 10.8. The van der Waals surface area contributed by atoms with E-state index in [1.165, 1.54) is 5.56 Å². The Labute approximate surface area is 108 Å². The largest absolute Gasteiger partial charge is 0.508 e. The van der Waals surface area contributed by atoms with Crippen molar-refractivity contribution in [3.63, 3.8) is 0 Å². The van der Waals surface area contributed by atoms with Gasteiger partial charge in [0.15, 0.2) is 0 Å². The molecule has 0 saturated heterocycles. The molecule has 2 aromatic carbocycles. The molecule has 0 bridgehead atoms. The Bertz CT molecular complexity index is 519. The summed E-state index contributed by atoms with van der Waals surface area (Å²) in [6.07, 6.45) is 1.62. The van der Waals surface area contributed by atoms with Crippen LogP contribution in [0.5, 0.6) is 11.5 Å². The topological polar surface area (TPSA) is 40.5 Å². The number of hydrogen-bond donors (Lipinski definition) is 2. The molecule has 0 heterocycles. The predicted molar refractivity (Wildman–Crippen MR) is 74.0 cm³/mol. The van der Waals surface area contributed by atoms with E-state index in [-0.39, 0.29) is 11.5 Å². The monoisotopic (exact) mass is 242 g/mol. The van der Waals surface area contributed by atoms with Crippen LogP contribution in [0.1, 0.15) is 25.0 Å². The van der Waals surface area contributed by atoms with E-state index in [9.17, 15) is 10.2 Å². The molecule has 0 aromatic heterocycles. The van der Waals surface area contributed by atoms with E-state index in [1.807, 2.05) is 19.1 Å². The van der Waals surface area contributed by atoms with E-state index in [1.54, 1.807) is 12.1 Å². The predicted octanol–water partition coefficient (Wildman–Crippen LogP) is 3.89. The summed E-state index contributed by atoms with van der Waals surface area (Å²) in [7, 11) is 0. The molecule has 0 unspecified atom stereocenters. The van der Waals surface area contributed by atoms with Gasteiger partial charge in [0, 0.05) is 5.56 Å². The van der Waals surface area contributed by atoms with E-state index in [0.717, 1.165) is 17.5 Å². The summed E-state index contributed by atoms with van der Waals surface area (Å²) in [5.41, 5.74) is 3.71. The quantitative estimate of drug-likeness (QED) is 0.857. The van der Waals surface area contributed by atoms with Crippen LogP contribution in [0.2, 0.25) is 0 Å². The molecule has 0 radical (unpaired) electrons. The van der Waals surface area contributed by atoms with Crippen molar-refractivity contribution in [1.29, 1.82) is 0 Å². The maximum absolute atomic E-state index is 9.87. The minimum Gasteiger partial charge on any atom is -0.508 e. The average Bonchev–Trinajstić information content (AvgIpc) is 2.38. The first-order valence-electron chi connectivity index (χ1n) is 6.29. The van der Waals surface area contributed by atoms with Crippen molar-refractivity contribution in [2.45, 2.75) is 26.7 Å².